The number of carbonyl (C=O) groups excluding carboxylic acids is 1. The third kappa shape index (κ3) is 5.46. The number of hydrogen-bond donors (Lipinski definition) is 1. The van der Waals surface area contributed by atoms with Crippen molar-refractivity contribution in [1.29, 1.82) is 0 Å². The number of benzene rings is 2. The van der Waals surface area contributed by atoms with Gasteiger partial charge < -0.3 is 14.8 Å². The van der Waals surface area contributed by atoms with Gasteiger partial charge in [-0.2, -0.15) is 0 Å². The van der Waals surface area contributed by atoms with E-state index in [0.717, 1.165) is 11.1 Å². The molecule has 2 aromatic carbocycles. The van der Waals surface area contributed by atoms with E-state index in [2.05, 4.69) is 15.3 Å². The lowest BCUT2D eigenvalue weighted by Gasteiger charge is -2.09. The SMILES string of the molecule is Cc1ccncc1C(=O)Nc1ccc(Oc2ccc(OCc3cccc(F)c3)cc2)nc1. The van der Waals surface area contributed by atoms with Crippen LogP contribution in [-0.4, -0.2) is 15.9 Å². The number of anilines is 1. The number of halogens is 1. The average Bonchev–Trinajstić information content (AvgIpc) is 2.80. The molecule has 0 radical (unpaired) electrons. The second kappa shape index (κ2) is 9.70. The van der Waals surface area contributed by atoms with Crippen molar-refractivity contribution < 1.29 is 18.7 Å². The molecule has 0 unspecified atom stereocenters. The van der Waals surface area contributed by atoms with Gasteiger partial charge in [-0.3, -0.25) is 9.78 Å². The van der Waals surface area contributed by atoms with E-state index < -0.39 is 0 Å². The number of nitrogens with zero attached hydrogens (tertiary/aromatic N) is 2. The van der Waals surface area contributed by atoms with Gasteiger partial charge in [0, 0.05) is 18.5 Å². The minimum absolute atomic E-state index is 0.250. The Kier molecular flexibility index (Phi) is 6.36. The van der Waals surface area contributed by atoms with E-state index in [1.165, 1.54) is 24.5 Å². The van der Waals surface area contributed by atoms with E-state index in [0.29, 0.717) is 28.6 Å². The zero-order chi connectivity index (χ0) is 22.3. The van der Waals surface area contributed by atoms with E-state index in [4.69, 9.17) is 9.47 Å². The van der Waals surface area contributed by atoms with Gasteiger partial charge >= 0.3 is 0 Å². The quantitative estimate of drug-likeness (QED) is 0.417. The van der Waals surface area contributed by atoms with Crippen molar-refractivity contribution in [3.63, 3.8) is 0 Å². The number of amides is 1. The van der Waals surface area contributed by atoms with Gasteiger partial charge in [0.15, 0.2) is 0 Å². The van der Waals surface area contributed by atoms with Gasteiger partial charge in [-0.05, 0) is 66.6 Å². The lowest BCUT2D eigenvalue weighted by atomic mass is 10.1. The van der Waals surface area contributed by atoms with Gasteiger partial charge in [-0.25, -0.2) is 9.37 Å². The molecule has 4 rings (SSSR count). The zero-order valence-corrected chi connectivity index (χ0v) is 17.3. The summed E-state index contributed by atoms with van der Waals surface area (Å²) in [6, 6.07) is 18.5. The van der Waals surface area contributed by atoms with Crippen molar-refractivity contribution in [3.05, 3.63) is 108 Å². The van der Waals surface area contributed by atoms with Crippen molar-refractivity contribution in [3.8, 4) is 17.4 Å². The normalized spacial score (nSPS) is 10.4. The molecule has 0 spiro atoms. The summed E-state index contributed by atoms with van der Waals surface area (Å²) < 4.78 is 24.6. The maximum Gasteiger partial charge on any atom is 0.257 e. The molecular weight excluding hydrogens is 409 g/mol. The molecule has 2 heterocycles. The smallest absolute Gasteiger partial charge is 0.257 e. The third-order valence-corrected chi connectivity index (χ3v) is 4.62. The summed E-state index contributed by atoms with van der Waals surface area (Å²) in [7, 11) is 0. The van der Waals surface area contributed by atoms with Crippen LogP contribution >= 0.6 is 0 Å². The van der Waals surface area contributed by atoms with Crippen molar-refractivity contribution >= 4 is 11.6 Å². The summed E-state index contributed by atoms with van der Waals surface area (Å²) in [5.74, 6) is 1.06. The standard InChI is InChI=1S/C25H20FN3O3/c1-17-11-12-27-15-23(17)25(30)29-20-5-10-24(28-14-20)32-22-8-6-21(7-9-22)31-16-18-3-2-4-19(26)13-18/h2-15H,16H2,1H3,(H,29,30). The second-order valence-electron chi connectivity index (χ2n) is 7.02. The maximum atomic E-state index is 13.2. The summed E-state index contributed by atoms with van der Waals surface area (Å²) in [5, 5.41) is 2.79. The highest BCUT2D eigenvalue weighted by molar-refractivity contribution is 6.04. The Morgan fingerprint density at radius 3 is 2.53 bits per heavy atom. The average molecular weight is 429 g/mol. The molecule has 0 saturated heterocycles. The Balaban J connectivity index is 1.32. The number of aromatic nitrogens is 2. The first-order chi connectivity index (χ1) is 15.6. The van der Waals surface area contributed by atoms with Gasteiger partial charge in [0.05, 0.1) is 17.4 Å². The largest absolute Gasteiger partial charge is 0.489 e. The number of ether oxygens (including phenoxy) is 2. The molecule has 0 saturated carbocycles. The maximum absolute atomic E-state index is 13.2. The Labute approximate surface area is 184 Å². The highest BCUT2D eigenvalue weighted by atomic mass is 19.1. The van der Waals surface area contributed by atoms with Crippen LogP contribution in [0, 0.1) is 12.7 Å². The van der Waals surface area contributed by atoms with Crippen LogP contribution < -0.4 is 14.8 Å². The summed E-state index contributed by atoms with van der Waals surface area (Å²) in [5.41, 5.74) is 2.65. The molecule has 1 N–H and O–H groups in total. The highest BCUT2D eigenvalue weighted by Gasteiger charge is 2.10. The first-order valence-electron chi connectivity index (χ1n) is 9.90. The van der Waals surface area contributed by atoms with Crippen LogP contribution in [0.25, 0.3) is 0 Å². The number of carbonyl (C=O) groups is 1. The fourth-order valence-corrected chi connectivity index (χ4v) is 2.93. The lowest BCUT2D eigenvalue weighted by Crippen LogP contribution is -2.13. The van der Waals surface area contributed by atoms with Gasteiger partial charge in [0.1, 0.15) is 23.9 Å². The van der Waals surface area contributed by atoms with Gasteiger partial charge in [-0.1, -0.05) is 12.1 Å². The number of rotatable bonds is 7. The number of hydrogen-bond acceptors (Lipinski definition) is 5. The van der Waals surface area contributed by atoms with Crippen LogP contribution in [0.4, 0.5) is 10.1 Å². The summed E-state index contributed by atoms with van der Waals surface area (Å²) in [4.78, 5) is 20.6. The molecule has 6 nitrogen and oxygen atoms in total. The van der Waals surface area contributed by atoms with E-state index in [1.807, 2.05) is 6.92 Å². The first-order valence-corrected chi connectivity index (χ1v) is 9.90. The Hall–Kier alpha value is -4.26. The molecule has 0 atom stereocenters. The van der Waals surface area contributed by atoms with Crippen LogP contribution in [0.2, 0.25) is 0 Å². The Morgan fingerprint density at radius 2 is 1.81 bits per heavy atom. The Bertz CT molecular complexity index is 1210. The molecule has 4 aromatic rings. The number of pyridine rings is 2. The molecule has 0 aliphatic carbocycles. The van der Waals surface area contributed by atoms with Crippen molar-refractivity contribution in [2.45, 2.75) is 13.5 Å². The van der Waals surface area contributed by atoms with Crippen molar-refractivity contribution in [2.24, 2.45) is 0 Å². The predicted octanol–water partition coefficient (Wildman–Crippen LogP) is 5.55. The molecule has 0 bridgehead atoms. The molecule has 0 aliphatic heterocycles. The van der Waals surface area contributed by atoms with E-state index >= 15 is 0 Å². The molecule has 7 heteroatoms. The molecule has 160 valence electrons. The predicted molar refractivity (Wildman–Crippen MR) is 118 cm³/mol. The van der Waals surface area contributed by atoms with Crippen LogP contribution in [0.15, 0.2) is 85.3 Å². The molecule has 32 heavy (non-hydrogen) atoms. The fraction of sp³-hybridized carbons (Fsp3) is 0.0800. The third-order valence-electron chi connectivity index (χ3n) is 4.62. The molecule has 2 aromatic heterocycles. The second-order valence-corrected chi connectivity index (χ2v) is 7.02. The van der Waals surface area contributed by atoms with Crippen molar-refractivity contribution in [1.82, 2.24) is 9.97 Å². The summed E-state index contributed by atoms with van der Waals surface area (Å²) >= 11 is 0. The Morgan fingerprint density at radius 1 is 1.00 bits per heavy atom. The van der Waals surface area contributed by atoms with E-state index in [9.17, 15) is 9.18 Å². The van der Waals surface area contributed by atoms with Gasteiger partial charge in [0.25, 0.3) is 5.91 Å². The molecule has 1 amide bonds. The minimum atomic E-state index is -0.292. The highest BCUT2D eigenvalue weighted by Crippen LogP contribution is 2.24. The lowest BCUT2D eigenvalue weighted by molar-refractivity contribution is 0.102. The van der Waals surface area contributed by atoms with E-state index in [1.54, 1.807) is 60.8 Å². The molecule has 0 aliphatic rings. The first kappa shape index (κ1) is 21.0. The number of nitrogens with one attached hydrogen (secondary N) is 1. The summed E-state index contributed by atoms with van der Waals surface area (Å²) in [6.07, 6.45) is 4.69. The summed E-state index contributed by atoms with van der Waals surface area (Å²) in [6.45, 7) is 2.12. The monoisotopic (exact) mass is 429 g/mol. The number of aryl methyl sites for hydroxylation is 1. The zero-order valence-electron chi connectivity index (χ0n) is 17.3. The minimum Gasteiger partial charge on any atom is -0.489 e. The van der Waals surface area contributed by atoms with Crippen molar-refractivity contribution in [2.75, 3.05) is 5.32 Å². The van der Waals surface area contributed by atoms with Gasteiger partial charge in [0.2, 0.25) is 5.88 Å². The van der Waals surface area contributed by atoms with Crippen LogP contribution in [-0.2, 0) is 6.61 Å². The van der Waals surface area contributed by atoms with Crippen LogP contribution in [0.3, 0.4) is 0 Å². The van der Waals surface area contributed by atoms with Crippen LogP contribution in [0.5, 0.6) is 17.4 Å². The van der Waals surface area contributed by atoms with Gasteiger partial charge in [-0.15, -0.1) is 0 Å². The topological polar surface area (TPSA) is 73.3 Å². The van der Waals surface area contributed by atoms with Crippen LogP contribution in [0.1, 0.15) is 21.5 Å². The molecular formula is C25H20FN3O3. The molecule has 0 fully saturated rings. The fourth-order valence-electron chi connectivity index (χ4n) is 2.93. The van der Waals surface area contributed by atoms with E-state index in [-0.39, 0.29) is 18.3 Å².